The summed E-state index contributed by atoms with van der Waals surface area (Å²) in [7, 11) is 0. The fourth-order valence-corrected chi connectivity index (χ4v) is 3.53. The zero-order chi connectivity index (χ0) is 12.1. The number of hydrogen-bond acceptors (Lipinski definition) is 3. The van der Waals surface area contributed by atoms with Crippen LogP contribution in [0.15, 0.2) is 35.4 Å². The van der Waals surface area contributed by atoms with Crippen molar-refractivity contribution in [2.24, 2.45) is 0 Å². The van der Waals surface area contributed by atoms with Gasteiger partial charge in [-0.25, -0.2) is 0 Å². The Bertz CT molecular complexity index is 523. The van der Waals surface area contributed by atoms with E-state index in [2.05, 4.69) is 34.6 Å². The summed E-state index contributed by atoms with van der Waals surface area (Å²) in [4.78, 5) is 2.30. The molecular formula is C15H16N2O. The van der Waals surface area contributed by atoms with Crippen LogP contribution in [0.5, 0.6) is 0 Å². The summed E-state index contributed by atoms with van der Waals surface area (Å²) >= 11 is 0. The van der Waals surface area contributed by atoms with Gasteiger partial charge in [0, 0.05) is 36.1 Å². The van der Waals surface area contributed by atoms with Crippen LogP contribution in [-0.4, -0.2) is 29.6 Å². The van der Waals surface area contributed by atoms with E-state index in [-0.39, 0.29) is 0 Å². The third kappa shape index (κ3) is 1.36. The second-order valence-corrected chi connectivity index (χ2v) is 5.43. The maximum Gasteiger partial charge on any atom is 0.144 e. The first-order chi connectivity index (χ1) is 8.85. The zero-order valence-corrected chi connectivity index (χ0v) is 10.2. The number of rotatable bonds is 1. The number of fused-ring (bicyclic) bond motifs is 3. The van der Waals surface area contributed by atoms with E-state index in [1.165, 1.54) is 19.3 Å². The van der Waals surface area contributed by atoms with Gasteiger partial charge in [0.05, 0.1) is 5.57 Å². The maximum atomic E-state index is 5.66. The molecule has 0 unspecified atom stereocenters. The Morgan fingerprint density at radius 2 is 2.39 bits per heavy atom. The second-order valence-electron chi connectivity index (χ2n) is 5.43. The van der Waals surface area contributed by atoms with Crippen LogP contribution in [-0.2, 0) is 4.74 Å². The van der Waals surface area contributed by atoms with Gasteiger partial charge in [0.2, 0.25) is 0 Å². The molecule has 0 radical (unpaired) electrons. The van der Waals surface area contributed by atoms with Gasteiger partial charge in [-0.05, 0) is 25.3 Å². The minimum atomic E-state index is 0.546. The minimum absolute atomic E-state index is 0.546. The lowest BCUT2D eigenvalue weighted by Crippen LogP contribution is -2.38. The Morgan fingerprint density at radius 3 is 3.11 bits per heavy atom. The summed E-state index contributed by atoms with van der Waals surface area (Å²) in [5, 5.41) is 3.66. The Morgan fingerprint density at radius 1 is 1.44 bits per heavy atom. The van der Waals surface area contributed by atoms with Crippen molar-refractivity contribution in [1.29, 1.82) is 0 Å². The molecule has 18 heavy (non-hydrogen) atoms. The predicted octanol–water partition coefficient (Wildman–Crippen LogP) is 1.51. The van der Waals surface area contributed by atoms with Gasteiger partial charge in [-0.3, -0.25) is 0 Å². The van der Waals surface area contributed by atoms with Crippen molar-refractivity contribution < 1.29 is 4.74 Å². The number of terminal acetylenes is 1. The van der Waals surface area contributed by atoms with E-state index in [0.717, 1.165) is 22.9 Å². The third-order valence-corrected chi connectivity index (χ3v) is 4.47. The molecule has 3 heteroatoms. The van der Waals surface area contributed by atoms with Gasteiger partial charge in [-0.15, -0.1) is 6.42 Å². The van der Waals surface area contributed by atoms with Crippen LogP contribution in [0.4, 0.5) is 0 Å². The van der Waals surface area contributed by atoms with Crippen molar-refractivity contribution in [1.82, 2.24) is 10.2 Å². The molecule has 2 bridgehead atoms. The molecule has 4 aliphatic rings. The van der Waals surface area contributed by atoms with Gasteiger partial charge in [-0.1, -0.05) is 5.92 Å². The summed E-state index contributed by atoms with van der Waals surface area (Å²) in [6.07, 6.45) is 15.7. The highest BCUT2D eigenvalue weighted by atomic mass is 16.5. The topological polar surface area (TPSA) is 24.5 Å². The van der Waals surface area contributed by atoms with E-state index in [9.17, 15) is 0 Å². The predicted molar refractivity (Wildman–Crippen MR) is 69.2 cm³/mol. The molecule has 1 N–H and O–H groups in total. The van der Waals surface area contributed by atoms with Crippen LogP contribution in [0.2, 0.25) is 0 Å². The molecule has 92 valence electrons. The quantitative estimate of drug-likeness (QED) is 0.703. The van der Waals surface area contributed by atoms with Gasteiger partial charge >= 0.3 is 0 Å². The first kappa shape index (κ1) is 10.3. The van der Waals surface area contributed by atoms with Crippen LogP contribution in [0.3, 0.4) is 0 Å². The van der Waals surface area contributed by atoms with E-state index in [4.69, 9.17) is 11.2 Å². The number of hydrogen-bond donors (Lipinski definition) is 1. The van der Waals surface area contributed by atoms with Crippen molar-refractivity contribution in [2.45, 2.75) is 37.4 Å². The highest BCUT2D eigenvalue weighted by Gasteiger charge is 2.41. The molecule has 0 aromatic heterocycles. The summed E-state index contributed by atoms with van der Waals surface area (Å²) in [5.74, 6) is 3.64. The second kappa shape index (κ2) is 3.66. The largest absolute Gasteiger partial charge is 0.486 e. The first-order valence-electron chi connectivity index (χ1n) is 6.61. The molecule has 0 aromatic carbocycles. The van der Waals surface area contributed by atoms with Crippen LogP contribution in [0, 0.1) is 12.3 Å². The molecule has 0 aliphatic carbocycles. The van der Waals surface area contributed by atoms with Crippen LogP contribution < -0.4 is 5.32 Å². The molecule has 0 saturated carbocycles. The normalized spacial score (nSPS) is 36.5. The van der Waals surface area contributed by atoms with Crippen molar-refractivity contribution >= 4 is 0 Å². The summed E-state index contributed by atoms with van der Waals surface area (Å²) < 4.78 is 5.66. The minimum Gasteiger partial charge on any atom is -0.486 e. The third-order valence-electron chi connectivity index (χ3n) is 4.47. The Balaban J connectivity index is 1.61. The van der Waals surface area contributed by atoms with E-state index in [1.54, 1.807) is 0 Å². The molecule has 0 aromatic rings. The molecule has 4 rings (SSSR count). The Labute approximate surface area is 107 Å². The molecule has 0 amide bonds. The lowest BCUT2D eigenvalue weighted by atomic mass is 9.94. The molecule has 4 heterocycles. The average molecular weight is 240 g/mol. The summed E-state index contributed by atoms with van der Waals surface area (Å²) in [6.45, 7) is 0.546. The summed E-state index contributed by atoms with van der Waals surface area (Å²) in [6, 6.07) is 1.93. The van der Waals surface area contributed by atoms with Crippen LogP contribution in [0.25, 0.3) is 0 Å². The monoisotopic (exact) mass is 240 g/mol. The zero-order valence-electron chi connectivity index (χ0n) is 10.2. The van der Waals surface area contributed by atoms with E-state index in [1.807, 2.05) is 0 Å². The van der Waals surface area contributed by atoms with Gasteiger partial charge in [0.1, 0.15) is 12.4 Å². The Kier molecular flexibility index (Phi) is 2.09. The number of allylic oxidation sites excluding steroid dienone is 1. The van der Waals surface area contributed by atoms with E-state index < -0.39 is 0 Å². The molecule has 0 spiro atoms. The average Bonchev–Trinajstić information content (AvgIpc) is 3.12. The van der Waals surface area contributed by atoms with Crippen LogP contribution >= 0.6 is 0 Å². The molecule has 3 nitrogen and oxygen atoms in total. The van der Waals surface area contributed by atoms with Crippen molar-refractivity contribution in [3.8, 4) is 12.3 Å². The van der Waals surface area contributed by atoms with Gasteiger partial charge in [0.25, 0.3) is 0 Å². The number of nitrogens with one attached hydrogen (secondary N) is 1. The van der Waals surface area contributed by atoms with Gasteiger partial charge in [-0.2, -0.15) is 0 Å². The van der Waals surface area contributed by atoms with E-state index in [0.29, 0.717) is 18.7 Å². The van der Waals surface area contributed by atoms with Gasteiger partial charge < -0.3 is 15.0 Å². The molecule has 4 aliphatic heterocycles. The fourth-order valence-electron chi connectivity index (χ4n) is 3.53. The number of nitrogens with zero attached hydrogens (tertiary/aromatic N) is 1. The standard InChI is InChI=1S/C15H16N2O/c1-2-10-9-18-15-8-17(6-5-12(10)15)14-7-11-3-4-13(14)16-11/h1,5-6,8,11,13-14,16H,3-4,7,9H2/t11-,13+,14-/m1/s1. The van der Waals surface area contributed by atoms with Crippen molar-refractivity contribution in [2.75, 3.05) is 6.61 Å². The Hall–Kier alpha value is -1.66. The van der Waals surface area contributed by atoms with E-state index >= 15 is 0 Å². The molecule has 2 saturated heterocycles. The number of ether oxygens (including phenoxy) is 1. The summed E-state index contributed by atoms with van der Waals surface area (Å²) in [5.41, 5.74) is 2.05. The molecule has 3 atom stereocenters. The highest BCUT2D eigenvalue weighted by molar-refractivity contribution is 5.52. The highest BCUT2D eigenvalue weighted by Crippen LogP contribution is 2.36. The molecular weight excluding hydrogens is 224 g/mol. The maximum absolute atomic E-state index is 5.66. The SMILES string of the molecule is C#CC1=C2C=CN([C@@H]3C[C@H]4CC[C@@H]3N4)C=C2OC1. The van der Waals surface area contributed by atoms with Crippen molar-refractivity contribution in [3.05, 3.63) is 35.4 Å². The lowest BCUT2D eigenvalue weighted by molar-refractivity contribution is 0.245. The molecule has 2 fully saturated rings. The fraction of sp³-hybridized carbons (Fsp3) is 0.467. The van der Waals surface area contributed by atoms with Crippen LogP contribution in [0.1, 0.15) is 19.3 Å². The van der Waals surface area contributed by atoms with Crippen molar-refractivity contribution in [3.63, 3.8) is 0 Å². The first-order valence-corrected chi connectivity index (χ1v) is 6.61. The smallest absolute Gasteiger partial charge is 0.144 e. The lowest BCUT2D eigenvalue weighted by Gasteiger charge is -2.32. The van der Waals surface area contributed by atoms with Gasteiger partial charge in [0.15, 0.2) is 0 Å².